The predicted octanol–water partition coefficient (Wildman–Crippen LogP) is 5.04. The average molecular weight is 416 g/mol. The molecule has 0 radical (unpaired) electrons. The van der Waals surface area contributed by atoms with E-state index in [2.05, 4.69) is 6.07 Å². The SMILES string of the molecule is CCOc1ccc([C@H]2Oc3ccccc3[C@H]3CC(c4ccccc4O)=NN32)cc1OC. The van der Waals surface area contributed by atoms with Crippen molar-refractivity contribution >= 4 is 5.71 Å². The van der Waals surface area contributed by atoms with Crippen molar-refractivity contribution in [1.29, 1.82) is 0 Å². The Morgan fingerprint density at radius 2 is 1.87 bits per heavy atom. The Morgan fingerprint density at radius 1 is 1.06 bits per heavy atom. The quantitative estimate of drug-likeness (QED) is 0.631. The second-order valence-electron chi connectivity index (χ2n) is 7.52. The molecular weight excluding hydrogens is 392 g/mol. The molecule has 0 spiro atoms. The zero-order valence-corrected chi connectivity index (χ0v) is 17.5. The van der Waals surface area contributed by atoms with E-state index in [1.54, 1.807) is 13.2 Å². The molecule has 6 nitrogen and oxygen atoms in total. The number of hydrazone groups is 1. The molecule has 31 heavy (non-hydrogen) atoms. The van der Waals surface area contributed by atoms with Crippen LogP contribution >= 0.6 is 0 Å². The molecule has 3 aromatic rings. The van der Waals surface area contributed by atoms with Crippen molar-refractivity contribution in [2.75, 3.05) is 13.7 Å². The molecule has 0 unspecified atom stereocenters. The van der Waals surface area contributed by atoms with Gasteiger partial charge in [0.25, 0.3) is 0 Å². The van der Waals surface area contributed by atoms with E-state index in [-0.39, 0.29) is 11.8 Å². The lowest BCUT2D eigenvalue weighted by Gasteiger charge is -2.38. The van der Waals surface area contributed by atoms with Gasteiger partial charge in [0.2, 0.25) is 6.23 Å². The highest BCUT2D eigenvalue weighted by molar-refractivity contribution is 6.04. The van der Waals surface area contributed by atoms with E-state index in [0.29, 0.717) is 24.5 Å². The molecule has 0 saturated carbocycles. The lowest BCUT2D eigenvalue weighted by Crippen LogP contribution is -2.33. The van der Waals surface area contributed by atoms with E-state index in [1.807, 2.05) is 66.5 Å². The minimum absolute atomic E-state index is 0.0159. The van der Waals surface area contributed by atoms with Crippen LogP contribution in [0, 0.1) is 0 Å². The topological polar surface area (TPSA) is 63.5 Å². The molecule has 0 fully saturated rings. The summed E-state index contributed by atoms with van der Waals surface area (Å²) in [7, 11) is 1.63. The number of ether oxygens (including phenoxy) is 3. The summed E-state index contributed by atoms with van der Waals surface area (Å²) < 4.78 is 17.6. The number of phenols is 1. The maximum atomic E-state index is 10.4. The van der Waals surface area contributed by atoms with Gasteiger partial charge in [0, 0.05) is 23.1 Å². The van der Waals surface area contributed by atoms with Gasteiger partial charge in [-0.25, -0.2) is 5.01 Å². The van der Waals surface area contributed by atoms with Gasteiger partial charge >= 0.3 is 0 Å². The van der Waals surface area contributed by atoms with Crippen LogP contribution in [0.5, 0.6) is 23.0 Å². The number of aromatic hydroxyl groups is 1. The Hall–Kier alpha value is -3.67. The van der Waals surface area contributed by atoms with Crippen molar-refractivity contribution in [2.24, 2.45) is 5.10 Å². The largest absolute Gasteiger partial charge is 0.507 e. The Bertz CT molecular complexity index is 1140. The fourth-order valence-electron chi connectivity index (χ4n) is 4.25. The number of nitrogens with zero attached hydrogens (tertiary/aromatic N) is 2. The summed E-state index contributed by atoms with van der Waals surface area (Å²) in [6, 6.07) is 21.2. The zero-order chi connectivity index (χ0) is 21.4. The first kappa shape index (κ1) is 19.3. The van der Waals surface area contributed by atoms with Crippen LogP contribution in [-0.4, -0.2) is 29.5 Å². The molecule has 2 aliphatic heterocycles. The van der Waals surface area contributed by atoms with Crippen molar-refractivity contribution in [3.63, 3.8) is 0 Å². The summed E-state index contributed by atoms with van der Waals surface area (Å²) in [6.45, 7) is 2.50. The summed E-state index contributed by atoms with van der Waals surface area (Å²) in [5.74, 6) is 2.42. The Kier molecular flexibility index (Phi) is 4.90. The van der Waals surface area contributed by atoms with Crippen molar-refractivity contribution < 1.29 is 19.3 Å². The summed E-state index contributed by atoms with van der Waals surface area (Å²) in [4.78, 5) is 0. The molecule has 1 N–H and O–H groups in total. The molecule has 2 aliphatic rings. The van der Waals surface area contributed by atoms with Crippen LogP contribution in [0.2, 0.25) is 0 Å². The van der Waals surface area contributed by atoms with Crippen LogP contribution in [0.3, 0.4) is 0 Å². The highest BCUT2D eigenvalue weighted by Crippen LogP contribution is 2.48. The molecule has 6 heteroatoms. The van der Waals surface area contributed by atoms with E-state index >= 15 is 0 Å². The second kappa shape index (κ2) is 7.87. The number of benzene rings is 3. The minimum atomic E-state index is -0.423. The van der Waals surface area contributed by atoms with Gasteiger partial charge in [0.1, 0.15) is 11.5 Å². The lowest BCUT2D eigenvalue weighted by molar-refractivity contribution is -0.0191. The summed E-state index contributed by atoms with van der Waals surface area (Å²) in [5, 5.41) is 17.3. The fraction of sp³-hybridized carbons (Fsp3) is 0.240. The number of hydrogen-bond acceptors (Lipinski definition) is 6. The average Bonchev–Trinajstić information content (AvgIpc) is 3.25. The van der Waals surface area contributed by atoms with E-state index in [1.165, 1.54) is 0 Å². The number of phenolic OH excluding ortho intramolecular Hbond substituents is 1. The first-order valence-electron chi connectivity index (χ1n) is 10.4. The van der Waals surface area contributed by atoms with Gasteiger partial charge in [-0.05, 0) is 43.3 Å². The van der Waals surface area contributed by atoms with Gasteiger partial charge in [0.05, 0.1) is 25.5 Å². The third-order valence-electron chi connectivity index (χ3n) is 5.69. The standard InChI is InChI=1S/C25H24N2O4/c1-3-30-23-13-12-16(14-24(23)29-2)25-27-20(18-9-5-7-11-22(18)31-25)15-19(26-27)17-8-4-6-10-21(17)28/h4-14,20,25,28H,3,15H2,1-2H3/t20-,25-/m1/s1. The van der Waals surface area contributed by atoms with Gasteiger partial charge < -0.3 is 19.3 Å². The lowest BCUT2D eigenvalue weighted by atomic mass is 9.95. The number of hydrogen-bond donors (Lipinski definition) is 1. The number of para-hydroxylation sites is 2. The van der Waals surface area contributed by atoms with Crippen LogP contribution in [0.15, 0.2) is 71.8 Å². The Morgan fingerprint density at radius 3 is 2.68 bits per heavy atom. The number of rotatable bonds is 5. The van der Waals surface area contributed by atoms with E-state index < -0.39 is 6.23 Å². The van der Waals surface area contributed by atoms with Crippen LogP contribution in [0.4, 0.5) is 0 Å². The molecular formula is C25H24N2O4. The second-order valence-corrected chi connectivity index (χ2v) is 7.52. The summed E-state index contributed by atoms with van der Waals surface area (Å²) >= 11 is 0. The molecule has 158 valence electrons. The van der Waals surface area contributed by atoms with Crippen molar-refractivity contribution in [3.8, 4) is 23.0 Å². The van der Waals surface area contributed by atoms with Crippen molar-refractivity contribution in [2.45, 2.75) is 25.6 Å². The van der Waals surface area contributed by atoms with Crippen LogP contribution in [0.25, 0.3) is 0 Å². The van der Waals surface area contributed by atoms with Gasteiger partial charge in [-0.3, -0.25) is 0 Å². The predicted molar refractivity (Wildman–Crippen MR) is 118 cm³/mol. The highest BCUT2D eigenvalue weighted by atomic mass is 16.5. The maximum Gasteiger partial charge on any atom is 0.214 e. The van der Waals surface area contributed by atoms with Gasteiger partial charge in [-0.1, -0.05) is 30.3 Å². The van der Waals surface area contributed by atoms with E-state index in [9.17, 15) is 5.11 Å². The summed E-state index contributed by atoms with van der Waals surface area (Å²) in [5.41, 5.74) is 3.59. The van der Waals surface area contributed by atoms with Crippen LogP contribution < -0.4 is 14.2 Å². The molecule has 0 aromatic heterocycles. The molecule has 0 aliphatic carbocycles. The monoisotopic (exact) mass is 416 g/mol. The minimum Gasteiger partial charge on any atom is -0.507 e. The van der Waals surface area contributed by atoms with Crippen LogP contribution in [-0.2, 0) is 0 Å². The van der Waals surface area contributed by atoms with Crippen molar-refractivity contribution in [3.05, 3.63) is 83.4 Å². The summed E-state index contributed by atoms with van der Waals surface area (Å²) in [6.07, 6.45) is 0.260. The zero-order valence-electron chi connectivity index (χ0n) is 17.5. The molecule has 2 heterocycles. The molecule has 0 saturated heterocycles. The van der Waals surface area contributed by atoms with E-state index in [0.717, 1.165) is 28.2 Å². The Labute approximate surface area is 181 Å². The highest BCUT2D eigenvalue weighted by Gasteiger charge is 2.41. The van der Waals surface area contributed by atoms with Crippen molar-refractivity contribution in [1.82, 2.24) is 5.01 Å². The molecule has 2 atom stereocenters. The molecule has 5 rings (SSSR count). The Balaban J connectivity index is 1.58. The maximum absolute atomic E-state index is 10.4. The van der Waals surface area contributed by atoms with Crippen LogP contribution in [0.1, 0.15) is 42.3 Å². The molecule has 0 amide bonds. The van der Waals surface area contributed by atoms with Gasteiger partial charge in [-0.2, -0.15) is 5.10 Å². The van der Waals surface area contributed by atoms with Gasteiger partial charge in [-0.15, -0.1) is 0 Å². The first-order chi connectivity index (χ1) is 15.2. The third kappa shape index (κ3) is 3.34. The first-order valence-corrected chi connectivity index (χ1v) is 10.4. The van der Waals surface area contributed by atoms with E-state index in [4.69, 9.17) is 19.3 Å². The van der Waals surface area contributed by atoms with Gasteiger partial charge in [0.15, 0.2) is 11.5 Å². The normalized spacial score (nSPS) is 19.2. The molecule has 3 aromatic carbocycles. The third-order valence-corrected chi connectivity index (χ3v) is 5.69. The fourth-order valence-corrected chi connectivity index (χ4v) is 4.25. The number of fused-ring (bicyclic) bond motifs is 3. The number of methoxy groups -OCH3 is 1. The smallest absolute Gasteiger partial charge is 0.214 e. The molecule has 0 bridgehead atoms.